The number of rotatable bonds is 8. The fourth-order valence-corrected chi connectivity index (χ4v) is 1.14. The normalized spacial score (nSPS) is 11.5. The highest BCUT2D eigenvalue weighted by atomic mass is 16.6. The largest absolute Gasteiger partial charge is 0.458 e. The Bertz CT molecular complexity index is 289. The van der Waals surface area contributed by atoms with E-state index in [1.165, 1.54) is 0 Å². The second-order valence-corrected chi connectivity index (χ2v) is 4.23. The Morgan fingerprint density at radius 2 is 2.00 bits per heavy atom. The smallest absolute Gasteiger partial charge is 0.407 e. The quantitative estimate of drug-likeness (QED) is 0.412. The minimum Gasteiger partial charge on any atom is -0.458 e. The average molecular weight is 257 g/mol. The van der Waals surface area contributed by atoms with E-state index in [-0.39, 0.29) is 6.61 Å². The van der Waals surface area contributed by atoms with Crippen molar-refractivity contribution in [1.29, 1.82) is 0 Å². The van der Waals surface area contributed by atoms with E-state index in [2.05, 4.69) is 18.8 Å². The highest BCUT2D eigenvalue weighted by Gasteiger charge is 2.11. The minimum absolute atomic E-state index is 0.0358. The molecular weight excluding hydrogens is 234 g/mol. The summed E-state index contributed by atoms with van der Waals surface area (Å²) in [5.41, 5.74) is 0.325. The lowest BCUT2D eigenvalue weighted by molar-refractivity contribution is -0.141. The first kappa shape index (κ1) is 16.5. The second kappa shape index (κ2) is 9.50. The van der Waals surface area contributed by atoms with Gasteiger partial charge in [0.1, 0.15) is 12.7 Å². The fourth-order valence-electron chi connectivity index (χ4n) is 1.14. The van der Waals surface area contributed by atoms with E-state index in [1.807, 2.05) is 0 Å². The van der Waals surface area contributed by atoms with Crippen LogP contribution in [0, 0.1) is 0 Å². The van der Waals surface area contributed by atoms with E-state index in [1.54, 1.807) is 13.8 Å². The summed E-state index contributed by atoms with van der Waals surface area (Å²) < 4.78 is 9.87. The molecule has 0 aromatic rings. The third kappa shape index (κ3) is 8.61. The molecule has 0 fully saturated rings. The van der Waals surface area contributed by atoms with Crippen molar-refractivity contribution in [3.8, 4) is 0 Å². The molecule has 0 saturated carbocycles. The lowest BCUT2D eigenvalue weighted by atomic mass is 10.2. The van der Waals surface area contributed by atoms with E-state index >= 15 is 0 Å². The molecule has 104 valence electrons. The van der Waals surface area contributed by atoms with Crippen LogP contribution < -0.4 is 5.32 Å². The van der Waals surface area contributed by atoms with Gasteiger partial charge in [0.2, 0.25) is 0 Å². The summed E-state index contributed by atoms with van der Waals surface area (Å²) in [7, 11) is 0. The SMILES string of the molecule is C=C(C)C(=O)OCC(C)OC(=O)NCCCCC. The van der Waals surface area contributed by atoms with Crippen molar-refractivity contribution in [1.82, 2.24) is 5.32 Å². The highest BCUT2D eigenvalue weighted by Crippen LogP contribution is 1.98. The van der Waals surface area contributed by atoms with Crippen LogP contribution in [0.2, 0.25) is 0 Å². The zero-order valence-corrected chi connectivity index (χ0v) is 11.5. The third-order valence-electron chi connectivity index (χ3n) is 2.16. The van der Waals surface area contributed by atoms with Gasteiger partial charge in [0.15, 0.2) is 0 Å². The molecule has 0 aliphatic carbocycles. The van der Waals surface area contributed by atoms with Crippen LogP contribution in [-0.2, 0) is 14.3 Å². The van der Waals surface area contributed by atoms with Crippen LogP contribution in [-0.4, -0.2) is 31.3 Å². The van der Waals surface area contributed by atoms with Crippen LogP contribution in [0.15, 0.2) is 12.2 Å². The van der Waals surface area contributed by atoms with E-state index in [0.717, 1.165) is 19.3 Å². The molecule has 0 aliphatic heterocycles. The first-order valence-corrected chi connectivity index (χ1v) is 6.24. The Hall–Kier alpha value is -1.52. The summed E-state index contributed by atoms with van der Waals surface area (Å²) in [5.74, 6) is -0.478. The molecule has 0 saturated heterocycles. The summed E-state index contributed by atoms with van der Waals surface area (Å²) in [5, 5.41) is 2.64. The van der Waals surface area contributed by atoms with Crippen LogP contribution in [0.5, 0.6) is 0 Å². The van der Waals surface area contributed by atoms with Gasteiger partial charge in [0.25, 0.3) is 0 Å². The molecule has 18 heavy (non-hydrogen) atoms. The Morgan fingerprint density at radius 1 is 1.33 bits per heavy atom. The molecule has 1 N–H and O–H groups in total. The molecular formula is C13H23NO4. The number of esters is 1. The molecule has 0 aromatic carbocycles. The maximum absolute atomic E-state index is 11.3. The van der Waals surface area contributed by atoms with E-state index in [0.29, 0.717) is 12.1 Å². The van der Waals surface area contributed by atoms with Gasteiger partial charge in [-0.2, -0.15) is 0 Å². The molecule has 0 rings (SSSR count). The van der Waals surface area contributed by atoms with E-state index in [9.17, 15) is 9.59 Å². The van der Waals surface area contributed by atoms with Gasteiger partial charge < -0.3 is 14.8 Å². The van der Waals surface area contributed by atoms with Crippen molar-refractivity contribution in [3.63, 3.8) is 0 Å². The molecule has 0 aromatic heterocycles. The van der Waals surface area contributed by atoms with Crippen LogP contribution in [0.4, 0.5) is 4.79 Å². The standard InChI is InChI=1S/C13H23NO4/c1-5-6-7-8-14-13(16)18-11(4)9-17-12(15)10(2)3/h11H,2,5-9H2,1,3-4H3,(H,14,16). The number of ether oxygens (including phenoxy) is 2. The first-order chi connectivity index (χ1) is 8.47. The van der Waals surface area contributed by atoms with Crippen molar-refractivity contribution in [3.05, 3.63) is 12.2 Å². The van der Waals surface area contributed by atoms with Gasteiger partial charge >= 0.3 is 12.1 Å². The number of alkyl carbamates (subject to hydrolysis) is 1. The molecule has 0 aliphatic rings. The summed E-state index contributed by atoms with van der Waals surface area (Å²) in [6.45, 7) is 9.42. The Morgan fingerprint density at radius 3 is 2.56 bits per heavy atom. The molecule has 1 atom stereocenters. The van der Waals surface area contributed by atoms with Gasteiger partial charge in [-0.1, -0.05) is 26.3 Å². The van der Waals surface area contributed by atoms with Gasteiger partial charge in [-0.05, 0) is 20.3 Å². The van der Waals surface area contributed by atoms with Gasteiger partial charge in [-0.15, -0.1) is 0 Å². The average Bonchev–Trinajstić information content (AvgIpc) is 2.31. The van der Waals surface area contributed by atoms with Gasteiger partial charge in [-0.3, -0.25) is 0 Å². The lowest BCUT2D eigenvalue weighted by Gasteiger charge is -2.14. The Balaban J connectivity index is 3.67. The van der Waals surface area contributed by atoms with Crippen LogP contribution >= 0.6 is 0 Å². The van der Waals surface area contributed by atoms with Crippen LogP contribution in [0.25, 0.3) is 0 Å². The summed E-state index contributed by atoms with van der Waals surface area (Å²) in [6.07, 6.45) is 2.16. The zero-order valence-electron chi connectivity index (χ0n) is 11.5. The number of carbonyl (C=O) groups is 2. The summed E-state index contributed by atoms with van der Waals surface area (Å²) in [4.78, 5) is 22.4. The van der Waals surface area contributed by atoms with Gasteiger partial charge in [0.05, 0.1) is 0 Å². The number of hydrogen-bond acceptors (Lipinski definition) is 4. The number of unbranched alkanes of at least 4 members (excludes halogenated alkanes) is 2. The third-order valence-corrected chi connectivity index (χ3v) is 2.16. The zero-order chi connectivity index (χ0) is 14.0. The van der Waals surface area contributed by atoms with Crippen molar-refractivity contribution in [2.45, 2.75) is 46.1 Å². The number of nitrogens with one attached hydrogen (secondary N) is 1. The predicted octanol–water partition coefficient (Wildman–Crippen LogP) is 2.41. The lowest BCUT2D eigenvalue weighted by Crippen LogP contribution is -2.31. The molecule has 0 radical (unpaired) electrons. The van der Waals surface area contributed by atoms with Crippen LogP contribution in [0.3, 0.4) is 0 Å². The predicted molar refractivity (Wildman–Crippen MR) is 69.2 cm³/mol. The van der Waals surface area contributed by atoms with Crippen molar-refractivity contribution in [2.75, 3.05) is 13.2 Å². The van der Waals surface area contributed by atoms with Crippen LogP contribution in [0.1, 0.15) is 40.0 Å². The molecule has 5 heteroatoms. The van der Waals surface area contributed by atoms with Gasteiger partial charge in [0, 0.05) is 12.1 Å². The van der Waals surface area contributed by atoms with Crippen molar-refractivity contribution < 1.29 is 19.1 Å². The van der Waals surface area contributed by atoms with Crippen molar-refractivity contribution in [2.24, 2.45) is 0 Å². The van der Waals surface area contributed by atoms with E-state index < -0.39 is 18.2 Å². The summed E-state index contributed by atoms with van der Waals surface area (Å²) in [6, 6.07) is 0. The second-order valence-electron chi connectivity index (χ2n) is 4.23. The molecule has 1 unspecified atom stereocenters. The fraction of sp³-hybridized carbons (Fsp3) is 0.692. The Kier molecular flexibility index (Phi) is 8.70. The topological polar surface area (TPSA) is 64.6 Å². The Labute approximate surface area is 109 Å². The van der Waals surface area contributed by atoms with E-state index in [4.69, 9.17) is 9.47 Å². The number of hydrogen-bond donors (Lipinski definition) is 1. The molecule has 0 heterocycles. The minimum atomic E-state index is -0.482. The molecule has 0 bridgehead atoms. The molecule has 1 amide bonds. The van der Waals surface area contributed by atoms with Crippen molar-refractivity contribution >= 4 is 12.1 Å². The highest BCUT2D eigenvalue weighted by molar-refractivity contribution is 5.86. The molecule has 5 nitrogen and oxygen atoms in total. The maximum atomic E-state index is 11.3. The first-order valence-electron chi connectivity index (χ1n) is 6.24. The van der Waals surface area contributed by atoms with Gasteiger partial charge in [-0.25, -0.2) is 9.59 Å². The number of carbonyl (C=O) groups excluding carboxylic acids is 2. The number of amides is 1. The molecule has 0 spiro atoms. The monoisotopic (exact) mass is 257 g/mol. The summed E-state index contributed by atoms with van der Waals surface area (Å²) >= 11 is 0. The maximum Gasteiger partial charge on any atom is 0.407 e.